The molecule has 0 spiro atoms. The van der Waals surface area contributed by atoms with Crippen LogP contribution in [0.1, 0.15) is 36.3 Å². The topological polar surface area (TPSA) is 72.0 Å². The molecule has 1 rings (SSSR count). The highest BCUT2D eigenvalue weighted by molar-refractivity contribution is 7.13. The first kappa shape index (κ1) is 13.1. The molecule has 0 aliphatic rings. The minimum Gasteiger partial charge on any atom is -0.384 e. The molecule has 16 heavy (non-hydrogen) atoms. The first-order valence-corrected chi connectivity index (χ1v) is 6.01. The van der Waals surface area contributed by atoms with Gasteiger partial charge in [-0.05, 0) is 0 Å². The summed E-state index contributed by atoms with van der Waals surface area (Å²) in [5.74, 6) is 0.103. The molecule has 0 bridgehead atoms. The fourth-order valence-electron chi connectivity index (χ4n) is 1.35. The molecule has 3 N–H and O–H groups in total. The first-order valence-electron chi connectivity index (χ1n) is 5.19. The summed E-state index contributed by atoms with van der Waals surface area (Å²) in [7, 11) is 1.67. The lowest BCUT2D eigenvalue weighted by atomic mass is 9.91. The van der Waals surface area contributed by atoms with Crippen molar-refractivity contribution in [3.8, 4) is 0 Å². The van der Waals surface area contributed by atoms with Gasteiger partial charge in [-0.2, -0.15) is 0 Å². The van der Waals surface area contributed by atoms with Gasteiger partial charge in [0.1, 0.15) is 5.84 Å². The van der Waals surface area contributed by atoms with Crippen LogP contribution in [0.5, 0.6) is 0 Å². The summed E-state index contributed by atoms with van der Waals surface area (Å²) in [6.45, 7) is 6.88. The van der Waals surface area contributed by atoms with E-state index in [1.165, 1.54) is 11.3 Å². The van der Waals surface area contributed by atoms with Gasteiger partial charge in [-0.1, -0.05) is 20.8 Å². The van der Waals surface area contributed by atoms with E-state index < -0.39 is 0 Å². The van der Waals surface area contributed by atoms with Crippen molar-refractivity contribution in [2.45, 2.75) is 32.6 Å². The van der Waals surface area contributed by atoms with Crippen LogP contribution in [0, 0.1) is 5.41 Å². The molecule has 0 aliphatic carbocycles. The molecule has 0 saturated carbocycles. The number of nitrogens with one attached hydrogen (secondary N) is 1. The number of thiazole rings is 1. The van der Waals surface area contributed by atoms with Gasteiger partial charge in [-0.25, -0.2) is 4.98 Å². The molecule has 0 fully saturated rings. The first-order chi connectivity index (χ1) is 7.36. The molecule has 0 radical (unpaired) electrons. The molecule has 0 amide bonds. The van der Waals surface area contributed by atoms with Gasteiger partial charge in [0.25, 0.3) is 0 Å². The number of amidine groups is 1. The Balaban J connectivity index is 3.06. The van der Waals surface area contributed by atoms with Crippen LogP contribution in [-0.2, 0) is 16.6 Å². The van der Waals surface area contributed by atoms with E-state index in [1.807, 2.05) is 0 Å². The van der Waals surface area contributed by atoms with Crippen LogP contribution >= 0.6 is 11.3 Å². The van der Waals surface area contributed by atoms with E-state index in [-0.39, 0.29) is 11.3 Å². The lowest BCUT2D eigenvalue weighted by molar-refractivity contribution is 0.202. The fraction of sp³-hybridized carbons (Fsp3) is 0.636. The number of hydrogen-bond acceptors (Lipinski definition) is 4. The van der Waals surface area contributed by atoms with E-state index in [9.17, 15) is 0 Å². The van der Waals surface area contributed by atoms with Gasteiger partial charge in [-0.3, -0.25) is 5.41 Å². The maximum atomic E-state index is 7.56. The van der Waals surface area contributed by atoms with Gasteiger partial charge in [-0.15, -0.1) is 11.3 Å². The summed E-state index contributed by atoms with van der Waals surface area (Å²) in [5.41, 5.74) is 6.41. The largest absolute Gasteiger partial charge is 0.384 e. The highest BCUT2D eigenvalue weighted by Gasteiger charge is 2.24. The maximum absolute atomic E-state index is 7.56. The molecule has 1 heterocycles. The Bertz CT molecular complexity index is 379. The molecule has 1 aromatic rings. The van der Waals surface area contributed by atoms with Crippen LogP contribution in [0.3, 0.4) is 0 Å². The van der Waals surface area contributed by atoms with Gasteiger partial charge in [0.15, 0.2) is 0 Å². The van der Waals surface area contributed by atoms with Crippen molar-refractivity contribution in [2.75, 3.05) is 13.7 Å². The van der Waals surface area contributed by atoms with Gasteiger partial charge < -0.3 is 10.5 Å². The molecule has 90 valence electrons. The zero-order valence-corrected chi connectivity index (χ0v) is 11.1. The van der Waals surface area contributed by atoms with Gasteiger partial charge >= 0.3 is 0 Å². The van der Waals surface area contributed by atoms with Crippen molar-refractivity contribution in [3.05, 3.63) is 15.6 Å². The van der Waals surface area contributed by atoms with Crippen LogP contribution < -0.4 is 5.73 Å². The van der Waals surface area contributed by atoms with E-state index in [1.54, 1.807) is 7.11 Å². The molecular formula is C11H19N3OS. The fourth-order valence-corrected chi connectivity index (χ4v) is 2.47. The van der Waals surface area contributed by atoms with E-state index in [0.717, 1.165) is 22.0 Å². The average Bonchev–Trinajstić information content (AvgIpc) is 2.58. The Labute approximate surface area is 100 Å². The maximum Gasteiger partial charge on any atom is 0.135 e. The molecule has 0 aromatic carbocycles. The second-order valence-electron chi connectivity index (χ2n) is 4.69. The van der Waals surface area contributed by atoms with Crippen LogP contribution in [0.2, 0.25) is 0 Å². The minimum atomic E-state index is -0.0805. The highest BCUT2D eigenvalue weighted by Crippen LogP contribution is 2.29. The smallest absolute Gasteiger partial charge is 0.135 e. The number of aromatic nitrogens is 1. The average molecular weight is 241 g/mol. The van der Waals surface area contributed by atoms with Gasteiger partial charge in [0, 0.05) is 18.9 Å². The monoisotopic (exact) mass is 241 g/mol. The zero-order chi connectivity index (χ0) is 12.3. The predicted molar refractivity (Wildman–Crippen MR) is 67.4 cm³/mol. The van der Waals surface area contributed by atoms with Crippen LogP contribution in [0.15, 0.2) is 0 Å². The Morgan fingerprint density at radius 1 is 1.50 bits per heavy atom. The number of methoxy groups -OCH3 is 1. The summed E-state index contributed by atoms with van der Waals surface area (Å²) in [6, 6.07) is 0. The van der Waals surface area contributed by atoms with Crippen LogP contribution in [0.4, 0.5) is 0 Å². The third-order valence-corrected chi connectivity index (χ3v) is 3.29. The lowest BCUT2D eigenvalue weighted by Crippen LogP contribution is -2.19. The molecule has 0 saturated heterocycles. The zero-order valence-electron chi connectivity index (χ0n) is 10.3. The molecule has 0 atom stereocenters. The Morgan fingerprint density at radius 3 is 2.50 bits per heavy atom. The summed E-state index contributed by atoms with van der Waals surface area (Å²) < 4.78 is 5.02. The third kappa shape index (κ3) is 3.02. The number of nitrogens with two attached hydrogens (primary N) is 1. The normalized spacial score (nSPS) is 11.8. The molecule has 4 nitrogen and oxygen atoms in total. The molecule has 0 unspecified atom stereocenters. The number of ether oxygens (including phenoxy) is 1. The SMILES string of the molecule is COCCc1nc(C(C)(C)C)c(C(=N)N)s1. The number of nitrogen functional groups attached to an aromatic ring is 1. The number of hydrogen-bond donors (Lipinski definition) is 2. The summed E-state index contributed by atoms with van der Waals surface area (Å²) >= 11 is 1.49. The Hall–Kier alpha value is -0.940. The lowest BCUT2D eigenvalue weighted by Gasteiger charge is -2.16. The van der Waals surface area contributed by atoms with Gasteiger partial charge in [0.05, 0.1) is 22.2 Å². The van der Waals surface area contributed by atoms with E-state index in [0.29, 0.717) is 6.61 Å². The Kier molecular flexibility index (Phi) is 4.04. The molecule has 5 heteroatoms. The quantitative estimate of drug-likeness (QED) is 0.625. The number of rotatable bonds is 4. The van der Waals surface area contributed by atoms with Crippen molar-refractivity contribution in [1.82, 2.24) is 4.98 Å². The summed E-state index contributed by atoms with van der Waals surface area (Å²) in [6.07, 6.45) is 0.775. The van der Waals surface area contributed by atoms with Crippen molar-refractivity contribution in [1.29, 1.82) is 5.41 Å². The predicted octanol–water partition coefficient (Wildman–Crippen LogP) is 1.91. The second-order valence-corrected chi connectivity index (χ2v) is 5.78. The van der Waals surface area contributed by atoms with E-state index in [2.05, 4.69) is 25.8 Å². The third-order valence-electron chi connectivity index (χ3n) is 2.15. The Morgan fingerprint density at radius 2 is 2.12 bits per heavy atom. The highest BCUT2D eigenvalue weighted by atomic mass is 32.1. The molecule has 0 aliphatic heterocycles. The van der Waals surface area contributed by atoms with E-state index in [4.69, 9.17) is 15.9 Å². The number of nitrogens with zero attached hydrogens (tertiary/aromatic N) is 1. The van der Waals surface area contributed by atoms with E-state index >= 15 is 0 Å². The summed E-state index contributed by atoms with van der Waals surface area (Å²) in [4.78, 5) is 5.35. The molecular weight excluding hydrogens is 222 g/mol. The van der Waals surface area contributed by atoms with Crippen molar-refractivity contribution in [2.24, 2.45) is 5.73 Å². The molecule has 1 aromatic heterocycles. The van der Waals surface area contributed by atoms with Crippen molar-refractivity contribution >= 4 is 17.2 Å². The van der Waals surface area contributed by atoms with Crippen molar-refractivity contribution < 1.29 is 4.74 Å². The van der Waals surface area contributed by atoms with Crippen LogP contribution in [0.25, 0.3) is 0 Å². The summed E-state index contributed by atoms with van der Waals surface area (Å²) in [5, 5.41) is 8.55. The standard InChI is InChI=1S/C11H19N3OS/c1-11(2,3)9-8(10(12)13)16-7(14-9)5-6-15-4/h5-6H2,1-4H3,(H3,12,13). The van der Waals surface area contributed by atoms with Crippen molar-refractivity contribution in [3.63, 3.8) is 0 Å². The minimum absolute atomic E-state index is 0.0805. The van der Waals surface area contributed by atoms with Crippen LogP contribution in [-0.4, -0.2) is 24.5 Å². The van der Waals surface area contributed by atoms with Gasteiger partial charge in [0.2, 0.25) is 0 Å². The second kappa shape index (κ2) is 4.93.